The lowest BCUT2D eigenvalue weighted by Crippen LogP contribution is -2.20. The standard InChI is InChI=1S/C19H16ClN3O4S/c1-13(22-23-28(25,26)17-9-7-15(20)8-10-17)14-4-2-5-16(12-14)21-19(24)18-6-3-11-27-18/h2-12,23H,1H3,(H,21,24)/b22-13+. The molecule has 0 bridgehead atoms. The van der Waals surface area contributed by atoms with Crippen LogP contribution in [0, 0.1) is 0 Å². The van der Waals surface area contributed by atoms with Crippen molar-refractivity contribution in [3.8, 4) is 0 Å². The van der Waals surface area contributed by atoms with Gasteiger partial charge in [0.25, 0.3) is 15.9 Å². The number of benzene rings is 2. The fourth-order valence-electron chi connectivity index (χ4n) is 2.28. The molecule has 0 aliphatic heterocycles. The van der Waals surface area contributed by atoms with Gasteiger partial charge in [-0.15, -0.1) is 0 Å². The van der Waals surface area contributed by atoms with Crippen LogP contribution in [0.1, 0.15) is 23.0 Å². The van der Waals surface area contributed by atoms with E-state index in [1.807, 2.05) is 0 Å². The Kier molecular flexibility index (Phi) is 5.81. The summed E-state index contributed by atoms with van der Waals surface area (Å²) in [6.07, 6.45) is 1.41. The van der Waals surface area contributed by atoms with E-state index in [0.29, 0.717) is 22.0 Å². The van der Waals surface area contributed by atoms with Crippen LogP contribution in [-0.2, 0) is 10.0 Å². The van der Waals surface area contributed by atoms with Gasteiger partial charge in [-0.05, 0) is 61.0 Å². The molecule has 0 saturated heterocycles. The van der Waals surface area contributed by atoms with E-state index in [1.54, 1.807) is 43.3 Å². The molecular weight excluding hydrogens is 402 g/mol. The molecule has 0 saturated carbocycles. The Morgan fingerprint density at radius 1 is 1.07 bits per heavy atom. The van der Waals surface area contributed by atoms with Crippen LogP contribution in [-0.4, -0.2) is 20.0 Å². The molecule has 2 N–H and O–H groups in total. The Morgan fingerprint density at radius 2 is 1.82 bits per heavy atom. The first-order chi connectivity index (χ1) is 13.3. The summed E-state index contributed by atoms with van der Waals surface area (Å²) in [5, 5.41) is 7.09. The number of sulfonamides is 1. The molecule has 144 valence electrons. The molecule has 0 atom stereocenters. The minimum Gasteiger partial charge on any atom is -0.459 e. The largest absolute Gasteiger partial charge is 0.459 e. The van der Waals surface area contributed by atoms with Crippen LogP contribution in [0.3, 0.4) is 0 Å². The van der Waals surface area contributed by atoms with E-state index in [9.17, 15) is 13.2 Å². The fraction of sp³-hybridized carbons (Fsp3) is 0.0526. The van der Waals surface area contributed by atoms with E-state index in [4.69, 9.17) is 16.0 Å². The van der Waals surface area contributed by atoms with Crippen molar-refractivity contribution < 1.29 is 17.6 Å². The highest BCUT2D eigenvalue weighted by atomic mass is 35.5. The van der Waals surface area contributed by atoms with E-state index in [1.165, 1.54) is 30.5 Å². The average Bonchev–Trinajstić information content (AvgIpc) is 3.22. The zero-order chi connectivity index (χ0) is 20.1. The summed E-state index contributed by atoms with van der Waals surface area (Å²) >= 11 is 5.77. The maximum absolute atomic E-state index is 12.3. The van der Waals surface area contributed by atoms with Crippen molar-refractivity contribution in [3.63, 3.8) is 0 Å². The SMILES string of the molecule is C/C(=N\NS(=O)(=O)c1ccc(Cl)cc1)c1cccc(NC(=O)c2ccco2)c1. The van der Waals surface area contributed by atoms with E-state index in [2.05, 4.69) is 15.2 Å². The highest BCUT2D eigenvalue weighted by Crippen LogP contribution is 2.15. The third-order valence-corrected chi connectivity index (χ3v) is 5.22. The molecule has 1 amide bonds. The summed E-state index contributed by atoms with van der Waals surface area (Å²) in [5.74, 6) is -0.202. The second-order valence-electron chi connectivity index (χ2n) is 5.76. The molecule has 0 aliphatic rings. The molecule has 7 nitrogen and oxygen atoms in total. The number of hydrogen-bond donors (Lipinski definition) is 2. The lowest BCUT2D eigenvalue weighted by Gasteiger charge is -2.08. The molecule has 1 heterocycles. The van der Waals surface area contributed by atoms with E-state index in [-0.39, 0.29) is 16.6 Å². The molecule has 3 aromatic rings. The smallest absolute Gasteiger partial charge is 0.291 e. The molecular formula is C19H16ClN3O4S. The van der Waals surface area contributed by atoms with Crippen LogP contribution in [0.4, 0.5) is 5.69 Å². The number of rotatable bonds is 6. The van der Waals surface area contributed by atoms with Gasteiger partial charge in [-0.3, -0.25) is 4.79 Å². The van der Waals surface area contributed by atoms with Gasteiger partial charge in [-0.2, -0.15) is 18.4 Å². The molecule has 2 aromatic carbocycles. The third kappa shape index (κ3) is 4.79. The number of furan rings is 1. The van der Waals surface area contributed by atoms with Crippen molar-refractivity contribution in [2.75, 3.05) is 5.32 Å². The third-order valence-electron chi connectivity index (χ3n) is 3.74. The maximum atomic E-state index is 12.3. The molecule has 0 unspecified atom stereocenters. The first-order valence-corrected chi connectivity index (χ1v) is 9.98. The molecule has 3 rings (SSSR count). The second kappa shape index (κ2) is 8.28. The van der Waals surface area contributed by atoms with Crippen LogP contribution in [0.15, 0.2) is 81.3 Å². The monoisotopic (exact) mass is 417 g/mol. The summed E-state index contributed by atoms with van der Waals surface area (Å²) in [6.45, 7) is 1.65. The van der Waals surface area contributed by atoms with Crippen LogP contribution >= 0.6 is 11.6 Å². The molecule has 0 radical (unpaired) electrons. The lowest BCUT2D eigenvalue weighted by atomic mass is 10.1. The van der Waals surface area contributed by atoms with E-state index < -0.39 is 10.0 Å². The molecule has 28 heavy (non-hydrogen) atoms. The first kappa shape index (κ1) is 19.7. The summed E-state index contributed by atoms with van der Waals surface area (Å²) in [4.78, 5) is 14.3. The van der Waals surface area contributed by atoms with Crippen LogP contribution in [0.5, 0.6) is 0 Å². The average molecular weight is 418 g/mol. The van der Waals surface area contributed by atoms with Gasteiger partial charge in [-0.1, -0.05) is 23.7 Å². The maximum Gasteiger partial charge on any atom is 0.291 e. The molecule has 0 aliphatic carbocycles. The number of amides is 1. The first-order valence-electron chi connectivity index (χ1n) is 8.12. The van der Waals surface area contributed by atoms with Gasteiger partial charge in [-0.25, -0.2) is 0 Å². The van der Waals surface area contributed by atoms with Crippen molar-refractivity contribution in [1.29, 1.82) is 0 Å². The number of carbonyl (C=O) groups is 1. The van der Waals surface area contributed by atoms with Crippen molar-refractivity contribution in [2.45, 2.75) is 11.8 Å². The minimum atomic E-state index is -3.82. The predicted octanol–water partition coefficient (Wildman–Crippen LogP) is 3.89. The van der Waals surface area contributed by atoms with Crippen LogP contribution in [0.2, 0.25) is 5.02 Å². The number of halogens is 1. The zero-order valence-electron chi connectivity index (χ0n) is 14.7. The fourth-order valence-corrected chi connectivity index (χ4v) is 3.26. The van der Waals surface area contributed by atoms with Crippen LogP contribution < -0.4 is 10.1 Å². The van der Waals surface area contributed by atoms with Gasteiger partial charge in [0.1, 0.15) is 0 Å². The number of anilines is 1. The number of hydrogen-bond acceptors (Lipinski definition) is 5. The van der Waals surface area contributed by atoms with Gasteiger partial charge in [0.05, 0.1) is 16.9 Å². The summed E-state index contributed by atoms with van der Waals surface area (Å²) in [5.41, 5.74) is 1.58. The van der Waals surface area contributed by atoms with Gasteiger partial charge in [0, 0.05) is 10.7 Å². The second-order valence-corrected chi connectivity index (χ2v) is 7.86. The highest BCUT2D eigenvalue weighted by molar-refractivity contribution is 7.89. The Morgan fingerprint density at radius 3 is 2.50 bits per heavy atom. The van der Waals surface area contributed by atoms with E-state index in [0.717, 1.165) is 0 Å². The van der Waals surface area contributed by atoms with Gasteiger partial charge in [0.2, 0.25) is 0 Å². The highest BCUT2D eigenvalue weighted by Gasteiger charge is 2.13. The molecule has 0 spiro atoms. The predicted molar refractivity (Wildman–Crippen MR) is 107 cm³/mol. The number of nitrogens with one attached hydrogen (secondary N) is 2. The van der Waals surface area contributed by atoms with Crippen molar-refractivity contribution in [3.05, 3.63) is 83.3 Å². The van der Waals surface area contributed by atoms with Gasteiger partial charge < -0.3 is 9.73 Å². The summed E-state index contributed by atoms with van der Waals surface area (Å²) in [7, 11) is -3.82. The van der Waals surface area contributed by atoms with Crippen LogP contribution in [0.25, 0.3) is 0 Å². The normalized spacial score (nSPS) is 11.9. The Hall–Kier alpha value is -3.10. The van der Waals surface area contributed by atoms with Crippen molar-refractivity contribution in [2.24, 2.45) is 5.10 Å². The summed E-state index contributed by atoms with van der Waals surface area (Å²) in [6, 6.07) is 15.8. The summed E-state index contributed by atoms with van der Waals surface area (Å²) < 4.78 is 29.6. The van der Waals surface area contributed by atoms with Gasteiger partial charge in [0.15, 0.2) is 5.76 Å². The lowest BCUT2D eigenvalue weighted by molar-refractivity contribution is 0.0996. The molecule has 0 fully saturated rings. The topological polar surface area (TPSA) is 101 Å². The molecule has 9 heteroatoms. The quantitative estimate of drug-likeness (QED) is 0.469. The minimum absolute atomic E-state index is 0.0490. The van der Waals surface area contributed by atoms with Crippen molar-refractivity contribution >= 4 is 38.9 Å². The molecule has 1 aromatic heterocycles. The Balaban J connectivity index is 1.74. The Bertz CT molecular complexity index is 1110. The Labute approximate surface area is 167 Å². The van der Waals surface area contributed by atoms with Gasteiger partial charge >= 0.3 is 0 Å². The van der Waals surface area contributed by atoms with E-state index >= 15 is 0 Å². The zero-order valence-corrected chi connectivity index (χ0v) is 16.3. The number of carbonyl (C=O) groups excluding carboxylic acids is 1. The number of nitrogens with zero attached hydrogens (tertiary/aromatic N) is 1. The van der Waals surface area contributed by atoms with Crippen molar-refractivity contribution in [1.82, 2.24) is 4.83 Å². The number of hydrazone groups is 1.